The monoisotopic (exact) mass is 543 g/mol. The zero-order chi connectivity index (χ0) is 26.6. The summed E-state index contributed by atoms with van der Waals surface area (Å²) < 4.78 is 23.2. The maximum atomic E-state index is 15.6. The molecule has 3 atom stereocenters. The Morgan fingerprint density at radius 1 is 1.29 bits per heavy atom. The third-order valence-electron chi connectivity index (χ3n) is 9.12. The molecule has 8 nitrogen and oxygen atoms in total. The number of carbonyl (C=O) groups is 2. The number of amides is 2. The van der Waals surface area contributed by atoms with Gasteiger partial charge in [0, 0.05) is 49.6 Å². The van der Waals surface area contributed by atoms with Crippen LogP contribution in [0.2, 0.25) is 5.02 Å². The molecule has 4 aliphatic rings. The molecule has 3 fully saturated rings. The molecule has 1 saturated heterocycles. The molecule has 6 rings (SSSR count). The number of likely N-dealkylation sites (tertiary alicyclic amines) is 1. The molecule has 0 unspecified atom stereocenters. The number of fused-ring (bicyclic) bond motifs is 1. The fourth-order valence-corrected chi connectivity index (χ4v) is 7.07. The number of aromatic nitrogens is 3. The minimum Gasteiger partial charge on any atom is -0.484 e. The molecule has 204 valence electrons. The molecule has 0 N–H and O–H groups in total. The molecule has 38 heavy (non-hydrogen) atoms. The molecule has 1 aromatic carbocycles. The minimum atomic E-state index is -0.575. The Labute approximate surface area is 227 Å². The lowest BCUT2D eigenvalue weighted by atomic mass is 9.78. The number of rotatable bonds is 6. The van der Waals surface area contributed by atoms with E-state index < -0.39 is 11.9 Å². The predicted octanol–water partition coefficient (Wildman–Crippen LogP) is 4.45. The molecule has 2 aliphatic heterocycles. The van der Waals surface area contributed by atoms with Crippen molar-refractivity contribution in [1.82, 2.24) is 24.8 Å². The van der Waals surface area contributed by atoms with Crippen LogP contribution in [0.25, 0.3) is 0 Å². The third kappa shape index (κ3) is 4.67. The molecule has 2 aliphatic carbocycles. The van der Waals surface area contributed by atoms with E-state index in [0.29, 0.717) is 54.7 Å². The van der Waals surface area contributed by atoms with Crippen molar-refractivity contribution in [1.29, 1.82) is 0 Å². The van der Waals surface area contributed by atoms with Gasteiger partial charge in [-0.05, 0) is 55.1 Å². The molecule has 0 radical (unpaired) electrons. The van der Waals surface area contributed by atoms with Gasteiger partial charge in [-0.2, -0.15) is 0 Å². The summed E-state index contributed by atoms with van der Waals surface area (Å²) in [5, 5.41) is 8.33. The zero-order valence-electron chi connectivity index (χ0n) is 22.1. The molecule has 2 amide bonds. The van der Waals surface area contributed by atoms with Gasteiger partial charge in [-0.15, -0.1) is 5.10 Å². The normalized spacial score (nSPS) is 26.1. The zero-order valence-corrected chi connectivity index (χ0v) is 22.8. The fraction of sp³-hybridized carbons (Fsp3) is 0.643. The van der Waals surface area contributed by atoms with Crippen LogP contribution in [0, 0.1) is 23.1 Å². The lowest BCUT2D eigenvalue weighted by Gasteiger charge is -2.43. The maximum Gasteiger partial charge on any atom is 0.226 e. The van der Waals surface area contributed by atoms with Crippen molar-refractivity contribution in [3.63, 3.8) is 0 Å². The van der Waals surface area contributed by atoms with E-state index in [1.165, 1.54) is 6.07 Å². The van der Waals surface area contributed by atoms with Gasteiger partial charge in [-0.1, -0.05) is 36.6 Å². The summed E-state index contributed by atoms with van der Waals surface area (Å²) in [5.74, 6) is -0.0512. The summed E-state index contributed by atoms with van der Waals surface area (Å²) >= 11 is 6.60. The van der Waals surface area contributed by atoms with Gasteiger partial charge in [0.25, 0.3) is 0 Å². The number of hydrogen-bond acceptors (Lipinski definition) is 5. The third-order valence-corrected chi connectivity index (χ3v) is 9.46. The van der Waals surface area contributed by atoms with E-state index in [2.05, 4.69) is 17.2 Å². The van der Waals surface area contributed by atoms with Gasteiger partial charge in [0.15, 0.2) is 11.6 Å². The predicted molar refractivity (Wildman–Crippen MR) is 139 cm³/mol. The standard InChI is InChI=1S/C28H35ClFN5O3/c1-17-5-3-4-6-19(17)27(37)35-10-7-20-21(29)11-22(30)26(38-15-18-13-33(2)32-31-18)25(20)23(35)14-34-16-28(8-9-28)12-24(34)36/h11,13,17,19,23H,3-10,12,14-16H2,1-2H3/t17-,19+,23+/m0/s1. The van der Waals surface area contributed by atoms with Gasteiger partial charge >= 0.3 is 0 Å². The summed E-state index contributed by atoms with van der Waals surface area (Å²) in [5.41, 5.74) is 2.04. The van der Waals surface area contributed by atoms with Crippen molar-refractivity contribution >= 4 is 23.4 Å². The van der Waals surface area contributed by atoms with Gasteiger partial charge in [-0.25, -0.2) is 4.39 Å². The highest BCUT2D eigenvalue weighted by Gasteiger charge is 2.52. The lowest BCUT2D eigenvalue weighted by Crippen LogP contribution is -2.49. The van der Waals surface area contributed by atoms with Crippen LogP contribution in [0.3, 0.4) is 0 Å². The SMILES string of the molecule is C[C@H]1CCCC[C@H]1C(=O)N1CCc2c(Cl)cc(F)c(OCc3cn(C)nn3)c2[C@H]1CN1CC2(CC2)CC1=O. The number of hydrogen-bond donors (Lipinski definition) is 0. The van der Waals surface area contributed by atoms with Gasteiger partial charge in [0.2, 0.25) is 11.8 Å². The highest BCUT2D eigenvalue weighted by atomic mass is 35.5. The second-order valence-electron chi connectivity index (χ2n) is 11.9. The number of halogens is 2. The second kappa shape index (κ2) is 9.81. The average molecular weight is 544 g/mol. The van der Waals surface area contributed by atoms with Crippen molar-refractivity contribution in [2.24, 2.45) is 24.3 Å². The van der Waals surface area contributed by atoms with E-state index in [9.17, 15) is 9.59 Å². The van der Waals surface area contributed by atoms with E-state index >= 15 is 4.39 Å². The second-order valence-corrected chi connectivity index (χ2v) is 12.3. The van der Waals surface area contributed by atoms with Gasteiger partial charge < -0.3 is 14.5 Å². The topological polar surface area (TPSA) is 80.6 Å². The summed E-state index contributed by atoms with van der Waals surface area (Å²) in [6, 6.07) is 0.771. The first kappa shape index (κ1) is 25.6. The Morgan fingerprint density at radius 2 is 2.08 bits per heavy atom. The van der Waals surface area contributed by atoms with Crippen LogP contribution >= 0.6 is 11.6 Å². The lowest BCUT2D eigenvalue weighted by molar-refractivity contribution is -0.143. The summed E-state index contributed by atoms with van der Waals surface area (Å²) in [6.45, 7) is 3.69. The first-order chi connectivity index (χ1) is 18.2. The number of ether oxygens (including phenoxy) is 1. The van der Waals surface area contributed by atoms with Crippen LogP contribution in [-0.2, 0) is 29.7 Å². The largest absolute Gasteiger partial charge is 0.484 e. The summed E-state index contributed by atoms with van der Waals surface area (Å²) in [4.78, 5) is 30.9. The molecular weight excluding hydrogens is 509 g/mol. The van der Waals surface area contributed by atoms with E-state index in [1.54, 1.807) is 17.9 Å². The highest BCUT2D eigenvalue weighted by molar-refractivity contribution is 6.31. The van der Waals surface area contributed by atoms with Crippen LogP contribution in [0.1, 0.15) is 74.7 Å². The Balaban J connectivity index is 1.38. The van der Waals surface area contributed by atoms with E-state index in [1.807, 2.05) is 9.80 Å². The Bertz CT molecular complexity index is 1260. The number of aryl methyl sites for hydroxylation is 1. The van der Waals surface area contributed by atoms with Gasteiger partial charge in [0.1, 0.15) is 12.3 Å². The first-order valence-electron chi connectivity index (χ1n) is 13.8. The van der Waals surface area contributed by atoms with Crippen molar-refractivity contribution < 1.29 is 18.7 Å². The molecule has 1 aromatic heterocycles. The summed E-state index contributed by atoms with van der Waals surface area (Å²) in [7, 11) is 1.76. The van der Waals surface area contributed by atoms with Crippen LogP contribution in [0.15, 0.2) is 12.3 Å². The van der Waals surface area contributed by atoms with E-state index in [0.717, 1.165) is 44.1 Å². The smallest absolute Gasteiger partial charge is 0.226 e. The molecular formula is C28H35ClFN5O3. The Kier molecular flexibility index (Phi) is 6.61. The van der Waals surface area contributed by atoms with Crippen LogP contribution in [0.5, 0.6) is 5.75 Å². The number of nitrogens with zero attached hydrogens (tertiary/aromatic N) is 5. The highest BCUT2D eigenvalue weighted by Crippen LogP contribution is 2.54. The molecule has 1 spiro atoms. The quantitative estimate of drug-likeness (QED) is 0.538. The molecule has 3 heterocycles. The Morgan fingerprint density at radius 3 is 2.76 bits per heavy atom. The fourth-order valence-electron chi connectivity index (χ4n) is 6.78. The van der Waals surface area contributed by atoms with Gasteiger partial charge in [0.05, 0.1) is 12.2 Å². The average Bonchev–Trinajstić information content (AvgIpc) is 3.38. The molecule has 2 aromatic rings. The van der Waals surface area contributed by atoms with Crippen molar-refractivity contribution in [2.75, 3.05) is 19.6 Å². The van der Waals surface area contributed by atoms with E-state index in [-0.39, 0.29) is 35.5 Å². The van der Waals surface area contributed by atoms with Gasteiger partial charge in [-0.3, -0.25) is 14.3 Å². The maximum absolute atomic E-state index is 15.6. The first-order valence-corrected chi connectivity index (χ1v) is 14.2. The van der Waals surface area contributed by atoms with Crippen molar-refractivity contribution in [3.05, 3.63) is 39.9 Å². The van der Waals surface area contributed by atoms with Crippen molar-refractivity contribution in [2.45, 2.75) is 70.9 Å². The molecule has 10 heteroatoms. The van der Waals surface area contributed by atoms with E-state index in [4.69, 9.17) is 16.3 Å². The van der Waals surface area contributed by atoms with Crippen LogP contribution in [-0.4, -0.2) is 56.2 Å². The van der Waals surface area contributed by atoms with Crippen LogP contribution in [0.4, 0.5) is 4.39 Å². The van der Waals surface area contributed by atoms with Crippen LogP contribution < -0.4 is 4.74 Å². The molecule has 2 saturated carbocycles. The Hall–Kier alpha value is -2.68. The number of carbonyl (C=O) groups excluding carboxylic acids is 2. The minimum absolute atomic E-state index is 0.0327. The summed E-state index contributed by atoms with van der Waals surface area (Å²) in [6.07, 6.45) is 8.98. The molecule has 0 bridgehead atoms. The number of benzene rings is 1. The van der Waals surface area contributed by atoms with Crippen molar-refractivity contribution in [3.8, 4) is 5.75 Å².